The number of fused-ring (bicyclic) bond motifs is 1. The number of hydrogen-bond donors (Lipinski definition) is 4. The first kappa shape index (κ1) is 62.8. The maximum atomic E-state index is 14.6. The van der Waals surface area contributed by atoms with Crippen LogP contribution in [0.15, 0.2) is 78.4 Å². The minimum absolute atomic E-state index is 0. The summed E-state index contributed by atoms with van der Waals surface area (Å²) in [7, 11) is 0. The predicted octanol–water partition coefficient (Wildman–Crippen LogP) is 8.60. The molecular formula is C60H78F2N6O11S2. The van der Waals surface area contributed by atoms with Crippen molar-refractivity contribution in [3.05, 3.63) is 101 Å². The zero-order valence-corrected chi connectivity index (χ0v) is 48.8. The van der Waals surface area contributed by atoms with Gasteiger partial charge in [-0.2, -0.15) is 13.5 Å². The number of aliphatic hydroxyl groups is 1. The van der Waals surface area contributed by atoms with Crippen molar-refractivity contribution in [2.45, 2.75) is 116 Å². The second-order valence-electron chi connectivity index (χ2n) is 22.1. The molecule has 81 heavy (non-hydrogen) atoms. The van der Waals surface area contributed by atoms with Crippen molar-refractivity contribution in [3.63, 3.8) is 0 Å². The first-order valence-corrected chi connectivity index (χ1v) is 28.7. The summed E-state index contributed by atoms with van der Waals surface area (Å²) in [5.41, 5.74) is 4.10. The Morgan fingerprint density at radius 1 is 0.827 bits per heavy atom. The van der Waals surface area contributed by atoms with Crippen molar-refractivity contribution in [1.82, 2.24) is 25.5 Å². The van der Waals surface area contributed by atoms with Gasteiger partial charge in [-0.15, -0.1) is 11.3 Å². The highest BCUT2D eigenvalue weighted by Gasteiger charge is 2.53. The number of hydrogen-bond acceptors (Lipinski definition) is 14. The van der Waals surface area contributed by atoms with Gasteiger partial charge in [0.05, 0.1) is 80.6 Å². The fourth-order valence-corrected chi connectivity index (χ4v) is 11.1. The number of nitrogens with one attached hydrogen (secondary N) is 3. The van der Waals surface area contributed by atoms with Gasteiger partial charge in [-0.05, 0) is 128 Å². The number of benzene rings is 3. The number of anilines is 1. The molecular weight excluding hydrogens is 1080 g/mol. The Morgan fingerprint density at radius 3 is 2.09 bits per heavy atom. The van der Waals surface area contributed by atoms with Crippen LogP contribution < -0.4 is 25.4 Å². The number of amides is 4. The van der Waals surface area contributed by atoms with Gasteiger partial charge in [-0.3, -0.25) is 24.2 Å². The highest BCUT2D eigenvalue weighted by atomic mass is 32.1. The summed E-state index contributed by atoms with van der Waals surface area (Å²) >= 11 is 1.50. The van der Waals surface area contributed by atoms with Crippen LogP contribution in [0.1, 0.15) is 95.4 Å². The van der Waals surface area contributed by atoms with Gasteiger partial charge in [0.25, 0.3) is 5.91 Å². The van der Waals surface area contributed by atoms with Crippen LogP contribution in [0.5, 0.6) is 11.5 Å². The number of carbonyl (C=O) groups is 4. The zero-order valence-electron chi connectivity index (χ0n) is 46.9. The standard InChI is InChI=1S/C60H76F2N6O11S.H2S/c1-38(40-6-8-41(9-7-40)48-18-21-63-50-17-12-44(61)33-49(48)50)55(70)66-45-13-15-47(16-14-45)78-30-28-76-26-24-74-22-23-75-25-27-77-29-31-79-52-32-42(53-39(2)65-37-80-53)10-11-43(52)35-64-56(71)51-34-46(69)36-68(51)57(72)54(59(3,4)5)67-58(73)60(62)19-20-60;/h10-18,21,32-33,37-38,40-41,46,51,54,69H,6-9,19-20,22-31,34-36H2,1-5H3,(H,64,71)(H,66,70)(H,67,73);1H2/t38-,40?,41?,46-,51+,54-;/m1./s1. The van der Waals surface area contributed by atoms with Gasteiger partial charge in [0, 0.05) is 48.3 Å². The molecule has 0 bridgehead atoms. The fraction of sp³-hybridized carbons (Fsp3) is 0.533. The lowest BCUT2D eigenvalue weighted by Crippen LogP contribution is -2.59. The summed E-state index contributed by atoms with van der Waals surface area (Å²) in [6.45, 7) is 12.6. The Bertz CT molecular complexity index is 2880. The lowest BCUT2D eigenvalue weighted by molar-refractivity contribution is -0.145. The number of thiazole rings is 1. The lowest BCUT2D eigenvalue weighted by Gasteiger charge is -2.35. The number of aromatic nitrogens is 2. The van der Waals surface area contributed by atoms with Gasteiger partial charge in [-0.25, -0.2) is 13.8 Å². The highest BCUT2D eigenvalue weighted by molar-refractivity contribution is 7.59. The van der Waals surface area contributed by atoms with Crippen LogP contribution in [0.2, 0.25) is 0 Å². The smallest absolute Gasteiger partial charge is 0.258 e. The molecule has 4 N–H and O–H groups in total. The molecule has 3 heterocycles. The van der Waals surface area contributed by atoms with E-state index in [1.165, 1.54) is 22.3 Å². The number of rotatable bonds is 28. The molecule has 4 amide bonds. The number of ether oxygens (including phenoxy) is 6. The Hall–Kier alpha value is -5.81. The topological polar surface area (TPSA) is 209 Å². The summed E-state index contributed by atoms with van der Waals surface area (Å²) in [6.07, 6.45) is 4.79. The Balaban J connectivity index is 0.00000946. The highest BCUT2D eigenvalue weighted by Crippen LogP contribution is 2.42. The Kier molecular flexibility index (Phi) is 22.8. The summed E-state index contributed by atoms with van der Waals surface area (Å²) in [5.74, 6) is -0.494. The van der Waals surface area contributed by atoms with Crippen LogP contribution in [0.4, 0.5) is 14.5 Å². The van der Waals surface area contributed by atoms with E-state index in [9.17, 15) is 33.1 Å². The van der Waals surface area contributed by atoms with Crippen LogP contribution in [-0.2, 0) is 44.7 Å². The van der Waals surface area contributed by atoms with Gasteiger partial charge in [0.2, 0.25) is 17.7 Å². The molecule has 2 aromatic heterocycles. The summed E-state index contributed by atoms with van der Waals surface area (Å²) < 4.78 is 63.5. The van der Waals surface area contributed by atoms with Gasteiger partial charge in [0.15, 0.2) is 5.67 Å². The number of aryl methyl sites for hydroxylation is 1. The molecule has 3 aliphatic rings. The van der Waals surface area contributed by atoms with Crippen LogP contribution >= 0.6 is 24.8 Å². The van der Waals surface area contributed by atoms with Crippen molar-refractivity contribution in [3.8, 4) is 21.9 Å². The SMILES string of the molecule is Cc1ncsc1-c1ccc(CNC(=O)[C@@H]2C[C@@H](O)CN2C(=O)[C@@H](NC(=O)C2(F)CC2)C(C)(C)C)c(OCCOCCOCCOCCOCCOc2ccc(NC(=O)[C@H](C)C3CCC(c4ccnc5ccc(F)cc45)CC3)cc2)c1.S. The number of alkyl halides is 1. The maximum Gasteiger partial charge on any atom is 0.258 e. The van der Waals surface area contributed by atoms with E-state index in [-0.39, 0.29) is 82.6 Å². The molecule has 3 fully saturated rings. The molecule has 1 saturated heterocycles. The van der Waals surface area contributed by atoms with Crippen LogP contribution in [0.25, 0.3) is 21.3 Å². The second kappa shape index (κ2) is 29.4. The number of pyridine rings is 1. The van der Waals surface area contributed by atoms with Crippen LogP contribution in [0, 0.1) is 30.0 Å². The normalized spacial score (nSPS) is 19.3. The van der Waals surface area contributed by atoms with Crippen LogP contribution in [0.3, 0.4) is 0 Å². The van der Waals surface area contributed by atoms with E-state index in [1.54, 1.807) is 44.6 Å². The van der Waals surface area contributed by atoms with E-state index < -0.39 is 47.0 Å². The van der Waals surface area contributed by atoms with Crippen molar-refractivity contribution < 1.29 is 61.5 Å². The average molecular weight is 1160 g/mol. The number of halogens is 2. The fourth-order valence-electron chi connectivity index (χ4n) is 10.3. The third-order valence-electron chi connectivity index (χ3n) is 15.2. The molecule has 17 nitrogen and oxygen atoms in total. The van der Waals surface area contributed by atoms with E-state index in [0.717, 1.165) is 58.3 Å². The predicted molar refractivity (Wildman–Crippen MR) is 310 cm³/mol. The van der Waals surface area contributed by atoms with E-state index in [2.05, 4.69) is 25.9 Å². The first-order chi connectivity index (χ1) is 38.5. The number of carbonyl (C=O) groups excluding carboxylic acids is 4. The van der Waals surface area contributed by atoms with Crippen LogP contribution in [-0.4, -0.2) is 140 Å². The summed E-state index contributed by atoms with van der Waals surface area (Å²) in [5, 5.41) is 20.1. The van der Waals surface area contributed by atoms with Gasteiger partial charge < -0.3 is 54.4 Å². The Morgan fingerprint density at radius 2 is 1.47 bits per heavy atom. The Labute approximate surface area is 484 Å². The maximum absolute atomic E-state index is 14.6. The molecule has 4 atom stereocenters. The van der Waals surface area contributed by atoms with Crippen molar-refractivity contribution in [2.75, 3.05) is 77.9 Å². The average Bonchev–Trinajstić information content (AvgIpc) is 3.96. The van der Waals surface area contributed by atoms with Gasteiger partial charge >= 0.3 is 0 Å². The second-order valence-corrected chi connectivity index (χ2v) is 22.9. The molecule has 440 valence electrons. The van der Waals surface area contributed by atoms with E-state index in [4.69, 9.17) is 28.4 Å². The molecule has 21 heteroatoms. The van der Waals surface area contributed by atoms with Crippen molar-refractivity contribution in [1.29, 1.82) is 0 Å². The number of β-amino-alcohol motifs (C(OH)–C–C–N with tert-alkyl or cyclic N) is 1. The molecule has 8 rings (SSSR count). The minimum Gasteiger partial charge on any atom is -0.491 e. The van der Waals surface area contributed by atoms with Crippen molar-refractivity contribution in [2.24, 2.45) is 17.3 Å². The number of likely N-dealkylation sites (tertiary alicyclic amines) is 1. The van der Waals surface area contributed by atoms with Crippen molar-refractivity contribution >= 4 is 65.1 Å². The molecule has 2 saturated carbocycles. The molecule has 2 aliphatic carbocycles. The number of nitrogens with zero attached hydrogens (tertiary/aromatic N) is 3. The van der Waals surface area contributed by atoms with Gasteiger partial charge in [-0.1, -0.05) is 39.8 Å². The summed E-state index contributed by atoms with van der Waals surface area (Å²) in [4.78, 5) is 64.6. The third-order valence-corrected chi connectivity index (χ3v) is 16.1. The molecule has 0 radical (unpaired) electrons. The quantitative estimate of drug-likeness (QED) is 0.0347. The molecule has 0 spiro atoms. The first-order valence-electron chi connectivity index (χ1n) is 27.8. The number of aliphatic hydroxyl groups excluding tert-OH is 1. The van der Waals surface area contributed by atoms with Gasteiger partial charge in [0.1, 0.15) is 42.6 Å². The lowest BCUT2D eigenvalue weighted by atomic mass is 9.73. The third kappa shape index (κ3) is 17.4. The van der Waals surface area contributed by atoms with E-state index >= 15 is 0 Å². The molecule has 5 aromatic rings. The summed E-state index contributed by atoms with van der Waals surface area (Å²) in [6, 6.07) is 17.6. The zero-order chi connectivity index (χ0) is 56.8. The monoisotopic (exact) mass is 1160 g/mol. The molecule has 3 aromatic carbocycles. The largest absolute Gasteiger partial charge is 0.491 e. The van der Waals surface area contributed by atoms with E-state index in [0.29, 0.717) is 81.5 Å². The van der Waals surface area contributed by atoms with E-state index in [1.807, 2.05) is 62.4 Å². The minimum atomic E-state index is -1.98. The molecule has 1 aliphatic heterocycles. The molecule has 0 unspecified atom stereocenters.